The third-order valence-electron chi connectivity index (χ3n) is 5.79. The Labute approximate surface area is 174 Å². The summed E-state index contributed by atoms with van der Waals surface area (Å²) >= 11 is 0. The number of hydrogen-bond acceptors (Lipinski definition) is 0. The fourth-order valence-electron chi connectivity index (χ4n) is 3.97. The van der Waals surface area contributed by atoms with Crippen LogP contribution in [0.25, 0.3) is 10.8 Å². The summed E-state index contributed by atoms with van der Waals surface area (Å²) in [6.07, 6.45) is 25.4. The van der Waals surface area contributed by atoms with Crippen LogP contribution >= 0.6 is 0 Å². The largest absolute Gasteiger partial charge is 0.0885 e. The van der Waals surface area contributed by atoms with Crippen molar-refractivity contribution in [3.05, 3.63) is 60.2 Å². The van der Waals surface area contributed by atoms with Crippen molar-refractivity contribution in [2.24, 2.45) is 0 Å². The number of unbranched alkanes of at least 4 members (excludes halogenated alkanes) is 12. The molecule has 0 aliphatic rings. The molecule has 0 nitrogen and oxygen atoms in total. The van der Waals surface area contributed by atoms with E-state index < -0.39 is 0 Å². The molecule has 0 fully saturated rings. The Hall–Kier alpha value is -1.56. The normalized spacial score (nSPS) is 11.6. The van der Waals surface area contributed by atoms with Crippen LogP contribution in [0.1, 0.15) is 102 Å². The van der Waals surface area contributed by atoms with Gasteiger partial charge in [0.25, 0.3) is 0 Å². The molecule has 2 rings (SSSR count). The molecule has 0 spiro atoms. The van der Waals surface area contributed by atoms with Gasteiger partial charge in [-0.1, -0.05) is 119 Å². The van der Waals surface area contributed by atoms with E-state index in [2.05, 4.69) is 61.5 Å². The number of hydrogen-bond donors (Lipinski definition) is 0. The summed E-state index contributed by atoms with van der Waals surface area (Å²) < 4.78 is 0. The van der Waals surface area contributed by atoms with Crippen LogP contribution in [0.5, 0.6) is 0 Å². The highest BCUT2D eigenvalue weighted by Gasteiger charge is 1.97. The van der Waals surface area contributed by atoms with Crippen molar-refractivity contribution in [1.82, 2.24) is 0 Å². The third-order valence-corrected chi connectivity index (χ3v) is 5.79. The molecule has 0 unspecified atom stereocenters. The maximum atomic E-state index is 2.42. The zero-order valence-corrected chi connectivity index (χ0v) is 18.3. The lowest BCUT2D eigenvalue weighted by atomic mass is 10.0. The van der Waals surface area contributed by atoms with E-state index in [1.54, 1.807) is 0 Å². The molecule has 0 aliphatic heterocycles. The summed E-state index contributed by atoms with van der Waals surface area (Å²) in [6, 6.07) is 15.6. The number of rotatable bonds is 16. The smallest absolute Gasteiger partial charge is 0.0181 e. The van der Waals surface area contributed by atoms with Gasteiger partial charge in [-0.2, -0.15) is 0 Å². The molecular formula is C28H42. The average Bonchev–Trinajstić information content (AvgIpc) is 2.73. The molecule has 0 saturated heterocycles. The predicted octanol–water partition coefficient (Wildman–Crippen LogP) is 9.42. The van der Waals surface area contributed by atoms with Crippen LogP contribution in [0, 0.1) is 0 Å². The molecule has 0 saturated carbocycles. The molecule has 154 valence electrons. The summed E-state index contributed by atoms with van der Waals surface area (Å²) in [5.41, 5.74) is 1.50. The second-order valence-corrected chi connectivity index (χ2v) is 8.37. The van der Waals surface area contributed by atoms with Gasteiger partial charge in [0.05, 0.1) is 0 Å². The molecule has 0 aromatic heterocycles. The van der Waals surface area contributed by atoms with Gasteiger partial charge >= 0.3 is 0 Å². The minimum atomic E-state index is 1.23. The second kappa shape index (κ2) is 15.4. The number of benzene rings is 2. The highest BCUT2D eigenvalue weighted by molar-refractivity contribution is 5.82. The van der Waals surface area contributed by atoms with Crippen molar-refractivity contribution in [3.8, 4) is 0 Å². The van der Waals surface area contributed by atoms with Crippen LogP contribution < -0.4 is 0 Å². The van der Waals surface area contributed by atoms with Crippen LogP contribution in [-0.2, 0) is 6.42 Å². The van der Waals surface area contributed by atoms with Gasteiger partial charge in [0.2, 0.25) is 0 Å². The standard InChI is InChI=1S/C28H42/c1-2-3-4-5-6-7-8-9-10-11-12-13-14-15-16-17-20-26-23-24-27-21-18-19-22-28(27)25-26/h8-9,18-19,21-25H,2-7,10-17,20H2,1H3/b9-8+. The van der Waals surface area contributed by atoms with E-state index in [0.717, 1.165) is 0 Å². The molecule has 0 heterocycles. The first-order valence-electron chi connectivity index (χ1n) is 12.0. The van der Waals surface area contributed by atoms with Crippen LogP contribution in [0.2, 0.25) is 0 Å². The Morgan fingerprint density at radius 1 is 0.571 bits per heavy atom. The van der Waals surface area contributed by atoms with Crippen molar-refractivity contribution in [1.29, 1.82) is 0 Å². The van der Waals surface area contributed by atoms with E-state index >= 15 is 0 Å². The summed E-state index contributed by atoms with van der Waals surface area (Å²) in [5, 5.41) is 2.73. The van der Waals surface area contributed by atoms with Gasteiger partial charge in [-0.3, -0.25) is 0 Å². The number of fused-ring (bicyclic) bond motifs is 1. The molecule has 0 N–H and O–H groups in total. The molecule has 0 heteroatoms. The first-order chi connectivity index (χ1) is 13.9. The third kappa shape index (κ3) is 10.1. The molecule has 2 aromatic carbocycles. The maximum Gasteiger partial charge on any atom is -0.0181 e. The van der Waals surface area contributed by atoms with E-state index in [-0.39, 0.29) is 0 Å². The first-order valence-corrected chi connectivity index (χ1v) is 12.0. The van der Waals surface area contributed by atoms with Gasteiger partial charge in [0, 0.05) is 0 Å². The maximum absolute atomic E-state index is 2.42. The van der Waals surface area contributed by atoms with Gasteiger partial charge in [-0.25, -0.2) is 0 Å². The van der Waals surface area contributed by atoms with Gasteiger partial charge in [-0.15, -0.1) is 0 Å². The molecule has 2 aromatic rings. The SMILES string of the molecule is CCCCCCC/C=C/CCCCCCCCCc1ccc2ccccc2c1. The van der Waals surface area contributed by atoms with Gasteiger partial charge < -0.3 is 0 Å². The van der Waals surface area contributed by atoms with E-state index in [4.69, 9.17) is 0 Å². The van der Waals surface area contributed by atoms with Crippen LogP contribution in [-0.4, -0.2) is 0 Å². The van der Waals surface area contributed by atoms with Crippen molar-refractivity contribution >= 4 is 10.8 Å². The average molecular weight is 379 g/mol. The zero-order valence-electron chi connectivity index (χ0n) is 18.3. The Morgan fingerprint density at radius 2 is 1.14 bits per heavy atom. The fourth-order valence-corrected chi connectivity index (χ4v) is 3.97. The van der Waals surface area contributed by atoms with Gasteiger partial charge in [-0.05, 0) is 54.9 Å². The van der Waals surface area contributed by atoms with E-state index in [0.29, 0.717) is 0 Å². The second-order valence-electron chi connectivity index (χ2n) is 8.37. The number of aryl methyl sites for hydroxylation is 1. The first kappa shape index (κ1) is 22.7. The Balaban J connectivity index is 1.38. The quantitative estimate of drug-likeness (QED) is 0.201. The van der Waals surface area contributed by atoms with Crippen LogP contribution in [0.4, 0.5) is 0 Å². The van der Waals surface area contributed by atoms with Crippen LogP contribution in [0.15, 0.2) is 54.6 Å². The van der Waals surface area contributed by atoms with E-state index in [1.165, 1.54) is 113 Å². The molecular weight excluding hydrogens is 336 g/mol. The fraction of sp³-hybridized carbons (Fsp3) is 0.571. The lowest BCUT2D eigenvalue weighted by Crippen LogP contribution is -1.87. The molecule has 0 aliphatic carbocycles. The van der Waals surface area contributed by atoms with Crippen molar-refractivity contribution < 1.29 is 0 Å². The predicted molar refractivity (Wildman–Crippen MR) is 127 cm³/mol. The van der Waals surface area contributed by atoms with Crippen LogP contribution in [0.3, 0.4) is 0 Å². The molecule has 0 amide bonds. The zero-order chi connectivity index (χ0) is 19.7. The van der Waals surface area contributed by atoms with Gasteiger partial charge in [0.15, 0.2) is 0 Å². The Morgan fingerprint density at radius 3 is 1.82 bits per heavy atom. The minimum absolute atomic E-state index is 1.23. The Kier molecular flexibility index (Phi) is 12.5. The molecule has 0 atom stereocenters. The highest BCUT2D eigenvalue weighted by atomic mass is 14.0. The van der Waals surface area contributed by atoms with Gasteiger partial charge in [0.1, 0.15) is 0 Å². The Bertz CT molecular complexity index is 652. The van der Waals surface area contributed by atoms with E-state index in [9.17, 15) is 0 Å². The monoisotopic (exact) mass is 378 g/mol. The number of allylic oxidation sites excluding steroid dienone is 2. The van der Waals surface area contributed by atoms with E-state index in [1.807, 2.05) is 0 Å². The van der Waals surface area contributed by atoms with Crippen molar-refractivity contribution in [3.63, 3.8) is 0 Å². The summed E-state index contributed by atoms with van der Waals surface area (Å²) in [5.74, 6) is 0. The van der Waals surface area contributed by atoms with Crippen molar-refractivity contribution in [2.75, 3.05) is 0 Å². The summed E-state index contributed by atoms with van der Waals surface area (Å²) in [4.78, 5) is 0. The van der Waals surface area contributed by atoms with Crippen molar-refractivity contribution in [2.45, 2.75) is 103 Å². The lowest BCUT2D eigenvalue weighted by molar-refractivity contribution is 0.581. The summed E-state index contributed by atoms with van der Waals surface area (Å²) in [6.45, 7) is 2.28. The lowest BCUT2D eigenvalue weighted by Gasteiger charge is -2.04. The highest BCUT2D eigenvalue weighted by Crippen LogP contribution is 2.18. The minimum Gasteiger partial charge on any atom is -0.0885 e. The topological polar surface area (TPSA) is 0 Å². The summed E-state index contributed by atoms with van der Waals surface area (Å²) in [7, 11) is 0. The molecule has 28 heavy (non-hydrogen) atoms. The molecule has 0 radical (unpaired) electrons. The molecule has 0 bridgehead atoms.